The normalized spacial score (nSPS) is 39.3. The minimum atomic E-state index is -1.09. The topological polar surface area (TPSA) is 161 Å². The number of quaternary nitrogens is 1. The molecule has 13 nitrogen and oxygen atoms in total. The van der Waals surface area contributed by atoms with Crippen LogP contribution >= 0.6 is 0 Å². The van der Waals surface area contributed by atoms with Crippen molar-refractivity contribution in [2.45, 2.75) is 151 Å². The predicted molar refractivity (Wildman–Crippen MR) is 236 cm³/mol. The van der Waals surface area contributed by atoms with Crippen LogP contribution in [-0.2, 0) is 36.8 Å². The number of phenols is 2. The summed E-state index contributed by atoms with van der Waals surface area (Å²) in [6.45, 7) is 4.88. The first kappa shape index (κ1) is 41.6. The van der Waals surface area contributed by atoms with Gasteiger partial charge in [-0.2, -0.15) is 0 Å². The van der Waals surface area contributed by atoms with Gasteiger partial charge >= 0.3 is 0 Å². The number of rotatable bonds is 8. The molecule has 6 aliphatic carbocycles. The van der Waals surface area contributed by atoms with E-state index in [1.54, 1.807) is 18.3 Å². The molecule has 338 valence electrons. The lowest BCUT2D eigenvalue weighted by molar-refractivity contribution is -0.924. The summed E-state index contributed by atoms with van der Waals surface area (Å²) in [5, 5.41) is 60.4. The number of ether oxygens (including phenoxy) is 2. The van der Waals surface area contributed by atoms with Crippen molar-refractivity contribution >= 4 is 0 Å². The van der Waals surface area contributed by atoms with E-state index < -0.39 is 22.0 Å². The third-order valence-corrected chi connectivity index (χ3v) is 18.1. The van der Waals surface area contributed by atoms with Crippen molar-refractivity contribution in [2.75, 3.05) is 26.2 Å². The summed E-state index contributed by atoms with van der Waals surface area (Å²) in [5.41, 5.74) is 1.55. The molecule has 11 atom stereocenters. The van der Waals surface area contributed by atoms with Crippen LogP contribution in [0.3, 0.4) is 0 Å². The zero-order valence-electron chi connectivity index (χ0n) is 34.8. The molecule has 6 fully saturated rings. The van der Waals surface area contributed by atoms with E-state index in [2.05, 4.69) is 30.1 Å². The van der Waals surface area contributed by atoms with Gasteiger partial charge in [-0.05, 0) is 99.9 Å². The Morgan fingerprint density at radius 1 is 0.683 bits per heavy atom. The summed E-state index contributed by atoms with van der Waals surface area (Å²) in [5.74, 6) is 3.35. The highest BCUT2D eigenvalue weighted by Gasteiger charge is 2.76. The zero-order valence-corrected chi connectivity index (χ0v) is 34.8. The van der Waals surface area contributed by atoms with Crippen LogP contribution in [0.25, 0.3) is 0 Å². The summed E-state index contributed by atoms with van der Waals surface area (Å²) < 4.78 is 17.1. The van der Waals surface area contributed by atoms with Crippen molar-refractivity contribution in [3.05, 3.63) is 89.2 Å². The Balaban J connectivity index is 0.000000137. The van der Waals surface area contributed by atoms with Crippen LogP contribution in [0.2, 0.25) is 0 Å². The molecule has 4 N–H and O–H groups in total. The van der Waals surface area contributed by atoms with E-state index >= 15 is 0 Å². The molecule has 2 aromatic heterocycles. The molecule has 13 heteroatoms. The number of aromatic hydroxyl groups is 2. The quantitative estimate of drug-likeness (QED) is 0.118. The van der Waals surface area contributed by atoms with E-state index in [-0.39, 0.29) is 67.1 Å². The van der Waals surface area contributed by atoms with Gasteiger partial charge in [-0.1, -0.05) is 27.0 Å². The molecular weight excluding hydrogens is 797 g/mol. The van der Waals surface area contributed by atoms with E-state index in [0.29, 0.717) is 49.8 Å². The van der Waals surface area contributed by atoms with Gasteiger partial charge in [0, 0.05) is 92.2 Å². The number of hydrogen-bond donors (Lipinski definition) is 4. The molecule has 10 aliphatic rings. The van der Waals surface area contributed by atoms with Crippen LogP contribution in [0.5, 0.6) is 23.0 Å². The number of imidazole rings is 2. The Kier molecular flexibility index (Phi) is 9.35. The summed E-state index contributed by atoms with van der Waals surface area (Å²) in [7, 11) is 0. The fourth-order valence-corrected chi connectivity index (χ4v) is 15.1. The first-order valence-electron chi connectivity index (χ1n) is 23.3. The molecule has 0 amide bonds. The SMILES string of the molecule is C.C.Oc1ccc2c3c1O[C@H]1[C@@H](Cn4ccnc4)CC[C@@]4(O)[C@@H](C2)N(CC2CC2)CC[C@]314.[O-][N+]1(CC2CC2)CC[C@]23c4c5ccc(O)c4O[C@H]2[C@@H](Cn2ccnc2)CC[C@@]3(O)[C@H]1C5. The highest BCUT2D eigenvalue weighted by molar-refractivity contribution is 5.63. The van der Waals surface area contributed by atoms with Crippen LogP contribution in [0, 0.1) is 28.9 Å². The lowest BCUT2D eigenvalue weighted by atomic mass is 9.47. The first-order valence-corrected chi connectivity index (χ1v) is 23.3. The maximum Gasteiger partial charge on any atom is 0.165 e. The summed E-state index contributed by atoms with van der Waals surface area (Å²) in [6, 6.07) is 7.32. The Morgan fingerprint density at radius 2 is 1.24 bits per heavy atom. The number of nitrogens with zero attached hydrogens (tertiary/aromatic N) is 6. The second kappa shape index (κ2) is 14.2. The second-order valence-electron chi connectivity index (χ2n) is 21.1. The van der Waals surface area contributed by atoms with E-state index in [1.165, 1.54) is 18.4 Å². The molecule has 63 heavy (non-hydrogen) atoms. The summed E-state index contributed by atoms with van der Waals surface area (Å²) in [6.07, 6.45) is 21.9. The van der Waals surface area contributed by atoms with Crippen molar-refractivity contribution in [1.29, 1.82) is 0 Å². The number of likely N-dealkylation sites (tertiary alicyclic amines) is 2. The number of aromatic nitrogens is 4. The lowest BCUT2D eigenvalue weighted by Crippen LogP contribution is -2.80. The van der Waals surface area contributed by atoms with Crippen LogP contribution in [0.4, 0.5) is 0 Å². The number of hydroxylamine groups is 3. The molecule has 1 unspecified atom stereocenters. The van der Waals surface area contributed by atoms with Gasteiger partial charge in [0.1, 0.15) is 23.9 Å². The van der Waals surface area contributed by atoms with Crippen LogP contribution in [0.15, 0.2) is 61.7 Å². The first-order chi connectivity index (χ1) is 29.5. The standard InChI is InChI=1S/C24H29N3O4.C24H29N3O3.2CH4/c28-18-4-3-16-11-19-24(29)6-5-17(12-26-9-8-25-14-26)22-23(24,20(16)21(18)31-22)7-10-27(19,30)13-15-1-2-15;28-18-4-3-16-11-19-24(29)6-5-17(13-26-10-8-25-14-26)22-23(24,20(16)21(18)30-22)7-9-27(19)12-15-1-2-15;;/h3-4,8-9,14-15,17,19,22,28-29H,1-2,5-7,10-13H2;3-4,8,10,14-15,17,19,22,28-29H,1-2,5-7,9,11-13H2;2*1H4/t17-,19-,22+,23+,24-,27?;17-,19-,22+,23+,24-;;/m11../s1. The number of phenolic OH excluding ortho intramolecular Hbond substituents is 2. The molecule has 4 aromatic rings. The van der Waals surface area contributed by atoms with Crippen LogP contribution in [-0.4, -0.2) is 111 Å². The maximum atomic E-state index is 14.2. The summed E-state index contributed by atoms with van der Waals surface area (Å²) in [4.78, 5) is 11.0. The van der Waals surface area contributed by atoms with Crippen molar-refractivity contribution in [1.82, 2.24) is 24.0 Å². The van der Waals surface area contributed by atoms with Gasteiger partial charge in [-0.25, -0.2) is 9.97 Å². The molecule has 4 bridgehead atoms. The Hall–Kier alpha value is -4.14. The predicted octanol–water partition coefficient (Wildman–Crippen LogP) is 6.22. The molecule has 4 aliphatic heterocycles. The molecule has 2 saturated heterocycles. The fourth-order valence-electron chi connectivity index (χ4n) is 15.1. The highest BCUT2D eigenvalue weighted by Crippen LogP contribution is 2.69. The highest BCUT2D eigenvalue weighted by atomic mass is 16.6. The Bertz CT molecular complexity index is 2390. The third kappa shape index (κ3) is 5.58. The van der Waals surface area contributed by atoms with Crippen LogP contribution < -0.4 is 9.47 Å². The van der Waals surface area contributed by atoms with Gasteiger partial charge in [-0.3, -0.25) is 4.90 Å². The van der Waals surface area contributed by atoms with Gasteiger partial charge in [-0.15, -0.1) is 0 Å². The molecule has 2 aromatic carbocycles. The van der Waals surface area contributed by atoms with Gasteiger partial charge in [0.2, 0.25) is 0 Å². The maximum absolute atomic E-state index is 14.2. The van der Waals surface area contributed by atoms with E-state index in [1.807, 2.05) is 37.3 Å². The monoisotopic (exact) mass is 862 g/mol. The molecule has 0 radical (unpaired) electrons. The molecular formula is C50H66N6O7. The van der Waals surface area contributed by atoms with E-state index in [0.717, 1.165) is 93.7 Å². The number of hydrogen-bond acceptors (Lipinski definition) is 10. The minimum Gasteiger partial charge on any atom is -0.632 e. The largest absolute Gasteiger partial charge is 0.632 e. The number of benzene rings is 2. The van der Waals surface area contributed by atoms with E-state index in [9.17, 15) is 25.6 Å². The smallest absolute Gasteiger partial charge is 0.165 e. The van der Waals surface area contributed by atoms with Crippen molar-refractivity contribution in [3.63, 3.8) is 0 Å². The zero-order chi connectivity index (χ0) is 41.1. The fraction of sp³-hybridized carbons (Fsp3) is 0.640. The van der Waals surface area contributed by atoms with Crippen molar-refractivity contribution in [3.8, 4) is 23.0 Å². The van der Waals surface area contributed by atoms with Crippen molar-refractivity contribution in [2.24, 2.45) is 23.7 Å². The average molecular weight is 863 g/mol. The Morgan fingerprint density at radius 3 is 1.79 bits per heavy atom. The number of piperidine rings is 2. The number of aliphatic hydroxyl groups is 2. The average Bonchev–Trinajstić information content (AvgIpc) is 3.97. The van der Waals surface area contributed by atoms with E-state index in [4.69, 9.17) is 9.47 Å². The second-order valence-corrected chi connectivity index (χ2v) is 21.1. The molecule has 4 saturated carbocycles. The third-order valence-electron chi connectivity index (χ3n) is 18.1. The molecule has 2 spiro atoms. The molecule has 6 heterocycles. The van der Waals surface area contributed by atoms with Gasteiger partial charge in [0.15, 0.2) is 23.0 Å². The van der Waals surface area contributed by atoms with Crippen molar-refractivity contribution < 1.29 is 34.5 Å². The van der Waals surface area contributed by atoms with Crippen LogP contribution in [0.1, 0.15) is 101 Å². The lowest BCUT2D eigenvalue weighted by Gasteiger charge is -2.68. The van der Waals surface area contributed by atoms with Gasteiger partial charge < -0.3 is 48.9 Å². The summed E-state index contributed by atoms with van der Waals surface area (Å²) >= 11 is 0. The molecule has 14 rings (SSSR count). The van der Waals surface area contributed by atoms with Gasteiger partial charge in [0.25, 0.3) is 0 Å². The van der Waals surface area contributed by atoms with Gasteiger partial charge in [0.05, 0.1) is 42.2 Å². The Labute approximate surface area is 370 Å². The minimum absolute atomic E-state index is 0.